The van der Waals surface area contributed by atoms with Gasteiger partial charge in [-0.3, -0.25) is 4.79 Å². The van der Waals surface area contributed by atoms with Crippen molar-refractivity contribution in [2.24, 2.45) is 11.7 Å². The second kappa shape index (κ2) is 4.41. The van der Waals surface area contributed by atoms with Crippen molar-refractivity contribution in [3.63, 3.8) is 0 Å². The number of amides is 1. The first-order valence-electron chi connectivity index (χ1n) is 6.50. The van der Waals surface area contributed by atoms with Crippen molar-refractivity contribution in [1.29, 1.82) is 5.26 Å². The number of hydrogen-bond acceptors (Lipinski definition) is 5. The molecule has 0 aromatic rings. The van der Waals surface area contributed by atoms with Gasteiger partial charge in [0.1, 0.15) is 11.6 Å². The number of nitriles is 1. The molecule has 3 fully saturated rings. The number of hydrogen-bond donors (Lipinski definition) is 2. The minimum absolute atomic E-state index is 0.0101. The second-order valence-electron chi connectivity index (χ2n) is 5.41. The number of nitrogens with two attached hydrogens (primary N) is 1. The molecule has 3 N–H and O–H groups in total. The Hall–Kier alpha value is -0.770. The Morgan fingerprint density at radius 3 is 2.89 bits per heavy atom. The van der Waals surface area contributed by atoms with Crippen LogP contribution in [0.3, 0.4) is 0 Å². The molecule has 6 heteroatoms. The molecule has 5 nitrogen and oxygen atoms in total. The molecule has 0 bridgehead atoms. The molecule has 0 unspecified atom stereocenters. The Balaban J connectivity index is 1.83. The lowest BCUT2D eigenvalue weighted by Gasteiger charge is -2.35. The second-order valence-corrected chi connectivity index (χ2v) is 6.62. The lowest BCUT2D eigenvalue weighted by molar-refractivity contribution is -0.134. The number of carbonyl (C=O) groups excluding carboxylic acids is 1. The number of rotatable bonds is 1. The Morgan fingerprint density at radius 2 is 2.22 bits per heavy atom. The molecule has 0 aliphatic carbocycles. The summed E-state index contributed by atoms with van der Waals surface area (Å²) in [5.74, 6) is 1.00. The molecular formula is C12H18N4OS. The van der Waals surface area contributed by atoms with Gasteiger partial charge in [0, 0.05) is 12.2 Å². The van der Waals surface area contributed by atoms with Crippen LogP contribution in [0.2, 0.25) is 0 Å². The van der Waals surface area contributed by atoms with Gasteiger partial charge in [0.25, 0.3) is 0 Å². The van der Waals surface area contributed by atoms with E-state index in [1.807, 2.05) is 0 Å². The monoisotopic (exact) mass is 266 g/mol. The third-order valence-corrected chi connectivity index (χ3v) is 5.74. The van der Waals surface area contributed by atoms with Gasteiger partial charge in [-0.25, -0.2) is 0 Å². The maximum absolute atomic E-state index is 12.6. The zero-order valence-corrected chi connectivity index (χ0v) is 11.1. The molecule has 3 aliphatic heterocycles. The third-order valence-electron chi connectivity index (χ3n) is 4.45. The van der Waals surface area contributed by atoms with Crippen LogP contribution in [0.1, 0.15) is 19.3 Å². The minimum atomic E-state index is -0.727. The molecule has 0 spiro atoms. The smallest absolute Gasteiger partial charge is 0.245 e. The van der Waals surface area contributed by atoms with Crippen molar-refractivity contribution in [2.45, 2.75) is 36.2 Å². The van der Waals surface area contributed by atoms with Crippen LogP contribution in [-0.4, -0.2) is 46.6 Å². The summed E-state index contributed by atoms with van der Waals surface area (Å²) in [7, 11) is 0. The summed E-state index contributed by atoms with van der Waals surface area (Å²) in [4.78, 5) is 14.3. The van der Waals surface area contributed by atoms with E-state index in [9.17, 15) is 4.79 Å². The molecule has 3 rings (SSSR count). The van der Waals surface area contributed by atoms with E-state index >= 15 is 0 Å². The van der Waals surface area contributed by atoms with Crippen LogP contribution in [0.4, 0.5) is 0 Å². The van der Waals surface area contributed by atoms with Crippen LogP contribution in [0.25, 0.3) is 0 Å². The van der Waals surface area contributed by atoms with Crippen LogP contribution in [0.5, 0.6) is 0 Å². The van der Waals surface area contributed by atoms with E-state index in [4.69, 9.17) is 11.0 Å². The van der Waals surface area contributed by atoms with E-state index in [0.29, 0.717) is 6.42 Å². The fourth-order valence-electron chi connectivity index (χ4n) is 3.39. The molecule has 0 aromatic heterocycles. The van der Waals surface area contributed by atoms with Crippen molar-refractivity contribution >= 4 is 17.7 Å². The van der Waals surface area contributed by atoms with Gasteiger partial charge in [0.15, 0.2) is 0 Å². The minimum Gasteiger partial charge on any atom is -0.317 e. The van der Waals surface area contributed by atoms with E-state index in [1.54, 1.807) is 16.7 Å². The number of thioether (sulfide) groups is 1. The average Bonchev–Trinajstić information content (AvgIpc) is 2.91. The van der Waals surface area contributed by atoms with E-state index in [0.717, 1.165) is 31.7 Å². The first-order chi connectivity index (χ1) is 8.66. The first-order valence-corrected chi connectivity index (χ1v) is 7.55. The molecule has 3 heterocycles. The Bertz CT molecular complexity index is 403. The fourth-order valence-corrected chi connectivity index (χ4v) is 4.82. The highest BCUT2D eigenvalue weighted by atomic mass is 32.2. The SMILES string of the molecule is N#C[C@@H]1CS[C@H]2C[C@](N)(C3CCNCC3)C(=O)N12. The lowest BCUT2D eigenvalue weighted by atomic mass is 9.77. The summed E-state index contributed by atoms with van der Waals surface area (Å²) in [6, 6.07) is 1.94. The predicted molar refractivity (Wildman–Crippen MR) is 69.6 cm³/mol. The summed E-state index contributed by atoms with van der Waals surface area (Å²) in [5.41, 5.74) is 5.72. The van der Waals surface area contributed by atoms with Crippen molar-refractivity contribution < 1.29 is 4.79 Å². The molecule has 0 saturated carbocycles. The molecule has 98 valence electrons. The van der Waals surface area contributed by atoms with Crippen LogP contribution >= 0.6 is 11.8 Å². The maximum atomic E-state index is 12.6. The van der Waals surface area contributed by atoms with Gasteiger partial charge in [-0.1, -0.05) is 0 Å². The number of fused-ring (bicyclic) bond motifs is 1. The summed E-state index contributed by atoms with van der Waals surface area (Å²) in [5, 5.41) is 12.5. The number of piperidine rings is 1. The average molecular weight is 266 g/mol. The van der Waals surface area contributed by atoms with E-state index in [1.165, 1.54) is 0 Å². The predicted octanol–water partition coefficient (Wildman–Crippen LogP) is -0.119. The highest BCUT2D eigenvalue weighted by molar-refractivity contribution is 8.00. The van der Waals surface area contributed by atoms with Gasteiger partial charge in [-0.15, -0.1) is 11.8 Å². The summed E-state index contributed by atoms with van der Waals surface area (Å²) >= 11 is 1.70. The standard InChI is InChI=1S/C12H18N4OS/c13-6-9-7-18-10-5-12(14,11(17)16(9)10)8-1-3-15-4-2-8/h8-10,15H,1-5,7,14H2/t9-,10+,12+/m1/s1. The number of carbonyl (C=O) groups is 1. The molecule has 0 radical (unpaired) electrons. The Kier molecular flexibility index (Phi) is 3.00. The van der Waals surface area contributed by atoms with Gasteiger partial charge >= 0.3 is 0 Å². The molecular weight excluding hydrogens is 248 g/mol. The van der Waals surface area contributed by atoms with Crippen LogP contribution in [0, 0.1) is 17.2 Å². The third kappa shape index (κ3) is 1.65. The highest BCUT2D eigenvalue weighted by Gasteiger charge is 2.57. The largest absolute Gasteiger partial charge is 0.317 e. The zero-order chi connectivity index (χ0) is 12.8. The molecule has 3 saturated heterocycles. The fraction of sp³-hybridized carbons (Fsp3) is 0.833. The van der Waals surface area contributed by atoms with Gasteiger partial charge in [0.2, 0.25) is 5.91 Å². The van der Waals surface area contributed by atoms with E-state index in [-0.39, 0.29) is 23.2 Å². The van der Waals surface area contributed by atoms with Crippen molar-refractivity contribution in [3.8, 4) is 6.07 Å². The summed E-state index contributed by atoms with van der Waals surface area (Å²) < 4.78 is 0. The van der Waals surface area contributed by atoms with Crippen LogP contribution < -0.4 is 11.1 Å². The maximum Gasteiger partial charge on any atom is 0.245 e. The summed E-state index contributed by atoms with van der Waals surface area (Å²) in [6.07, 6.45) is 2.63. The quantitative estimate of drug-likeness (QED) is 0.691. The van der Waals surface area contributed by atoms with Crippen LogP contribution in [0.15, 0.2) is 0 Å². The summed E-state index contributed by atoms with van der Waals surface area (Å²) in [6.45, 7) is 1.88. The molecule has 18 heavy (non-hydrogen) atoms. The Morgan fingerprint density at radius 1 is 1.50 bits per heavy atom. The van der Waals surface area contributed by atoms with E-state index < -0.39 is 5.54 Å². The molecule has 0 aromatic carbocycles. The highest BCUT2D eigenvalue weighted by Crippen LogP contribution is 2.45. The normalized spacial score (nSPS) is 40.9. The lowest BCUT2D eigenvalue weighted by Crippen LogP contribution is -2.57. The topological polar surface area (TPSA) is 82.1 Å². The van der Waals surface area contributed by atoms with Gasteiger partial charge < -0.3 is 16.0 Å². The zero-order valence-electron chi connectivity index (χ0n) is 10.3. The van der Waals surface area contributed by atoms with Crippen molar-refractivity contribution in [2.75, 3.05) is 18.8 Å². The van der Waals surface area contributed by atoms with Gasteiger partial charge in [-0.2, -0.15) is 5.26 Å². The Labute approximate surface area is 111 Å². The molecule has 3 atom stereocenters. The van der Waals surface area contributed by atoms with Crippen molar-refractivity contribution in [1.82, 2.24) is 10.2 Å². The number of nitrogens with one attached hydrogen (secondary N) is 1. The number of nitrogens with zero attached hydrogens (tertiary/aromatic N) is 2. The van der Waals surface area contributed by atoms with Gasteiger partial charge in [0.05, 0.1) is 11.4 Å². The van der Waals surface area contributed by atoms with Crippen LogP contribution in [-0.2, 0) is 4.79 Å². The molecule has 1 amide bonds. The first kappa shape index (κ1) is 12.3. The van der Waals surface area contributed by atoms with Gasteiger partial charge in [-0.05, 0) is 31.8 Å². The molecule has 3 aliphatic rings. The van der Waals surface area contributed by atoms with Crippen molar-refractivity contribution in [3.05, 3.63) is 0 Å². The van der Waals surface area contributed by atoms with E-state index in [2.05, 4.69) is 11.4 Å².